The van der Waals surface area contributed by atoms with Gasteiger partial charge in [0.1, 0.15) is 5.75 Å². The van der Waals surface area contributed by atoms with Gasteiger partial charge in [-0.3, -0.25) is 4.98 Å². The third kappa shape index (κ3) is 3.98. The Morgan fingerprint density at radius 1 is 1.35 bits per heavy atom. The van der Waals surface area contributed by atoms with E-state index < -0.39 is 0 Å². The fourth-order valence-corrected chi connectivity index (χ4v) is 1.76. The first-order valence-electron chi connectivity index (χ1n) is 6.06. The number of likely N-dealkylation sites (N-methyl/N-ethyl adjacent to an activating group) is 1. The van der Waals surface area contributed by atoms with Crippen molar-refractivity contribution in [1.29, 1.82) is 0 Å². The molecule has 0 aliphatic heterocycles. The Morgan fingerprint density at radius 3 is 2.71 bits per heavy atom. The van der Waals surface area contributed by atoms with Gasteiger partial charge in [0.15, 0.2) is 0 Å². The number of ether oxygens (including phenoxy) is 2. The quantitative estimate of drug-likeness (QED) is 0.790. The van der Waals surface area contributed by atoms with Crippen molar-refractivity contribution in [3.63, 3.8) is 0 Å². The summed E-state index contributed by atoms with van der Waals surface area (Å²) in [6.07, 6.45) is 3.67. The highest BCUT2D eigenvalue weighted by Crippen LogP contribution is 2.21. The van der Waals surface area contributed by atoms with Crippen LogP contribution in [-0.4, -0.2) is 31.3 Å². The number of hydrogen-bond acceptors (Lipinski definition) is 4. The molecule has 4 nitrogen and oxygen atoms in total. The van der Waals surface area contributed by atoms with Gasteiger partial charge < -0.3 is 14.8 Å². The number of methoxy groups -OCH3 is 1. The van der Waals surface area contributed by atoms with Gasteiger partial charge in [0.2, 0.25) is 0 Å². The van der Waals surface area contributed by atoms with E-state index in [0.29, 0.717) is 6.61 Å². The van der Waals surface area contributed by atoms with Crippen LogP contribution in [0.25, 0.3) is 0 Å². The maximum Gasteiger partial charge on any atom is 0.137 e. The molecule has 0 amide bonds. The van der Waals surface area contributed by atoms with Crippen LogP contribution >= 0.6 is 0 Å². The van der Waals surface area contributed by atoms with Crippen molar-refractivity contribution in [2.75, 3.05) is 20.3 Å². The average molecular weight is 238 g/mol. The first-order chi connectivity index (χ1) is 8.22. The maximum atomic E-state index is 5.46. The van der Waals surface area contributed by atoms with E-state index in [9.17, 15) is 0 Å². The number of pyridine rings is 1. The van der Waals surface area contributed by atoms with Crippen LogP contribution in [0.2, 0.25) is 0 Å². The van der Waals surface area contributed by atoms with Crippen LogP contribution < -0.4 is 10.1 Å². The third-order valence-electron chi connectivity index (χ3n) is 2.67. The molecule has 4 heteroatoms. The van der Waals surface area contributed by atoms with E-state index in [1.807, 2.05) is 26.1 Å². The monoisotopic (exact) mass is 238 g/mol. The first-order valence-corrected chi connectivity index (χ1v) is 6.06. The lowest BCUT2D eigenvalue weighted by Crippen LogP contribution is -2.31. The minimum absolute atomic E-state index is 0.0913. The van der Waals surface area contributed by atoms with E-state index in [0.717, 1.165) is 17.9 Å². The minimum atomic E-state index is 0.0913. The zero-order valence-electron chi connectivity index (χ0n) is 11.1. The summed E-state index contributed by atoms with van der Waals surface area (Å²) in [6.45, 7) is 7.62. The number of nitrogens with one attached hydrogen (secondary N) is 1. The van der Waals surface area contributed by atoms with Gasteiger partial charge in [-0.1, -0.05) is 6.92 Å². The van der Waals surface area contributed by atoms with E-state index >= 15 is 0 Å². The lowest BCUT2D eigenvalue weighted by Gasteiger charge is -2.24. The van der Waals surface area contributed by atoms with E-state index in [1.54, 1.807) is 13.3 Å². The molecule has 1 heterocycles. The second-order valence-corrected chi connectivity index (χ2v) is 3.86. The Bertz CT molecular complexity index is 331. The SMILES string of the molecule is CCNC(c1cncc(OCC)c1)C(C)OC. The summed E-state index contributed by atoms with van der Waals surface area (Å²) in [7, 11) is 1.72. The summed E-state index contributed by atoms with van der Waals surface area (Å²) in [5, 5.41) is 3.40. The molecule has 17 heavy (non-hydrogen) atoms. The van der Waals surface area contributed by atoms with Gasteiger partial charge in [-0.15, -0.1) is 0 Å². The van der Waals surface area contributed by atoms with Crippen LogP contribution in [0, 0.1) is 0 Å². The standard InChI is InChI=1S/C13H22N2O2/c1-5-15-13(10(3)16-4)11-7-12(17-6-2)9-14-8-11/h7-10,13,15H,5-6H2,1-4H3. The Morgan fingerprint density at radius 2 is 2.12 bits per heavy atom. The number of hydrogen-bond donors (Lipinski definition) is 1. The molecule has 0 bridgehead atoms. The maximum absolute atomic E-state index is 5.46. The highest BCUT2D eigenvalue weighted by Gasteiger charge is 2.18. The Hall–Kier alpha value is -1.13. The molecule has 0 radical (unpaired) electrons. The van der Waals surface area contributed by atoms with Crippen LogP contribution in [0.15, 0.2) is 18.5 Å². The van der Waals surface area contributed by atoms with Crippen LogP contribution in [0.1, 0.15) is 32.4 Å². The van der Waals surface area contributed by atoms with Gasteiger partial charge >= 0.3 is 0 Å². The summed E-state index contributed by atoms with van der Waals surface area (Å²) in [6, 6.07) is 2.15. The van der Waals surface area contributed by atoms with Gasteiger partial charge in [-0.05, 0) is 32.0 Å². The Kier molecular flexibility index (Phi) is 5.94. The number of rotatable bonds is 7. The minimum Gasteiger partial charge on any atom is -0.492 e. The fraction of sp³-hybridized carbons (Fsp3) is 0.615. The molecule has 2 unspecified atom stereocenters. The molecule has 1 aromatic rings. The predicted octanol–water partition coefficient (Wildman–Crippen LogP) is 2.17. The van der Waals surface area contributed by atoms with Gasteiger partial charge in [0.05, 0.1) is 24.9 Å². The molecule has 1 N–H and O–H groups in total. The average Bonchev–Trinajstić information content (AvgIpc) is 2.36. The van der Waals surface area contributed by atoms with Crippen molar-refractivity contribution >= 4 is 0 Å². The van der Waals surface area contributed by atoms with E-state index in [4.69, 9.17) is 9.47 Å². The summed E-state index contributed by atoms with van der Waals surface area (Å²) in [5.41, 5.74) is 1.09. The van der Waals surface area contributed by atoms with Crippen molar-refractivity contribution < 1.29 is 9.47 Å². The Labute approximate surface area is 103 Å². The molecule has 0 aromatic carbocycles. The molecule has 0 saturated heterocycles. The van der Waals surface area contributed by atoms with Gasteiger partial charge in [-0.2, -0.15) is 0 Å². The lowest BCUT2D eigenvalue weighted by molar-refractivity contribution is 0.0834. The zero-order chi connectivity index (χ0) is 12.7. The molecule has 96 valence electrons. The molecular weight excluding hydrogens is 216 g/mol. The highest BCUT2D eigenvalue weighted by atomic mass is 16.5. The number of nitrogens with zero attached hydrogens (tertiary/aromatic N) is 1. The molecule has 0 saturated carbocycles. The molecule has 0 fully saturated rings. The number of aromatic nitrogens is 1. The van der Waals surface area contributed by atoms with Gasteiger partial charge in [0.25, 0.3) is 0 Å². The fourth-order valence-electron chi connectivity index (χ4n) is 1.76. The molecule has 2 atom stereocenters. The topological polar surface area (TPSA) is 43.4 Å². The van der Waals surface area contributed by atoms with Crippen LogP contribution in [0.5, 0.6) is 5.75 Å². The highest BCUT2D eigenvalue weighted by molar-refractivity contribution is 5.26. The molecule has 0 aliphatic carbocycles. The lowest BCUT2D eigenvalue weighted by atomic mass is 10.0. The summed E-state index contributed by atoms with van der Waals surface area (Å²) < 4.78 is 10.8. The van der Waals surface area contributed by atoms with E-state index in [-0.39, 0.29) is 12.1 Å². The second-order valence-electron chi connectivity index (χ2n) is 3.86. The van der Waals surface area contributed by atoms with Crippen molar-refractivity contribution in [2.45, 2.75) is 32.9 Å². The van der Waals surface area contributed by atoms with Crippen molar-refractivity contribution in [3.05, 3.63) is 24.0 Å². The van der Waals surface area contributed by atoms with E-state index in [2.05, 4.69) is 17.2 Å². The van der Waals surface area contributed by atoms with E-state index in [1.165, 1.54) is 0 Å². The predicted molar refractivity (Wildman–Crippen MR) is 68.3 cm³/mol. The molecule has 1 rings (SSSR count). The molecular formula is C13H22N2O2. The van der Waals surface area contributed by atoms with Gasteiger partial charge in [0, 0.05) is 13.3 Å². The Balaban J connectivity index is 2.88. The van der Waals surface area contributed by atoms with Crippen LogP contribution in [0.3, 0.4) is 0 Å². The summed E-state index contributed by atoms with van der Waals surface area (Å²) in [4.78, 5) is 4.20. The zero-order valence-corrected chi connectivity index (χ0v) is 11.1. The molecule has 0 spiro atoms. The molecule has 0 aliphatic rings. The van der Waals surface area contributed by atoms with Crippen molar-refractivity contribution in [3.8, 4) is 5.75 Å². The van der Waals surface area contributed by atoms with Crippen LogP contribution in [-0.2, 0) is 4.74 Å². The second kappa shape index (κ2) is 7.25. The third-order valence-corrected chi connectivity index (χ3v) is 2.67. The summed E-state index contributed by atoms with van der Waals surface area (Å²) in [5.74, 6) is 0.802. The molecule has 1 aromatic heterocycles. The van der Waals surface area contributed by atoms with Crippen LogP contribution in [0.4, 0.5) is 0 Å². The largest absolute Gasteiger partial charge is 0.492 e. The first kappa shape index (κ1) is 13.9. The van der Waals surface area contributed by atoms with Gasteiger partial charge in [-0.25, -0.2) is 0 Å². The summed E-state index contributed by atoms with van der Waals surface area (Å²) >= 11 is 0. The van der Waals surface area contributed by atoms with Crippen molar-refractivity contribution in [2.24, 2.45) is 0 Å². The van der Waals surface area contributed by atoms with Crippen molar-refractivity contribution in [1.82, 2.24) is 10.3 Å². The normalized spacial score (nSPS) is 14.4. The smallest absolute Gasteiger partial charge is 0.137 e.